The van der Waals surface area contributed by atoms with Crippen molar-refractivity contribution < 1.29 is 4.79 Å². The van der Waals surface area contributed by atoms with E-state index in [1.807, 2.05) is 31.2 Å². The van der Waals surface area contributed by atoms with Crippen LogP contribution in [-0.2, 0) is 7.05 Å². The molecule has 9 heteroatoms. The molecule has 30 heavy (non-hydrogen) atoms. The molecule has 0 spiro atoms. The number of piperazine rings is 1. The summed E-state index contributed by atoms with van der Waals surface area (Å²) in [5.74, 6) is 2.59. The zero-order chi connectivity index (χ0) is 21.1. The first-order valence-corrected chi connectivity index (χ1v) is 9.75. The van der Waals surface area contributed by atoms with Gasteiger partial charge in [0, 0.05) is 51.7 Å². The Morgan fingerprint density at radius 2 is 1.83 bits per heavy atom. The highest BCUT2D eigenvalue weighted by Crippen LogP contribution is 2.20. The van der Waals surface area contributed by atoms with Gasteiger partial charge < -0.3 is 19.7 Å². The van der Waals surface area contributed by atoms with E-state index in [1.165, 1.54) is 4.57 Å². The Balaban J connectivity index is 1.46. The van der Waals surface area contributed by atoms with Crippen LogP contribution >= 0.6 is 0 Å². The van der Waals surface area contributed by atoms with Gasteiger partial charge in [-0.1, -0.05) is 6.07 Å². The highest BCUT2D eigenvalue weighted by atomic mass is 16.2. The summed E-state index contributed by atoms with van der Waals surface area (Å²) in [5.41, 5.74) is -0.0743. The number of nitrogens with zero attached hydrogens (tertiary/aromatic N) is 6. The second-order valence-corrected chi connectivity index (χ2v) is 7.12. The maximum Gasteiger partial charge on any atom is 0.263 e. The van der Waals surface area contributed by atoms with Crippen LogP contribution in [0.25, 0.3) is 0 Å². The molecule has 0 aromatic carbocycles. The van der Waals surface area contributed by atoms with E-state index < -0.39 is 0 Å². The Kier molecular flexibility index (Phi) is 5.42. The Morgan fingerprint density at radius 1 is 1.03 bits per heavy atom. The molecule has 1 N–H and O–H groups in total. The molecule has 1 fully saturated rings. The van der Waals surface area contributed by atoms with E-state index in [2.05, 4.69) is 25.2 Å². The van der Waals surface area contributed by atoms with Crippen molar-refractivity contribution in [1.82, 2.24) is 24.4 Å². The molecule has 3 aromatic heterocycles. The molecule has 1 saturated heterocycles. The number of anilines is 3. The van der Waals surface area contributed by atoms with Crippen LogP contribution in [0.3, 0.4) is 0 Å². The highest BCUT2D eigenvalue weighted by molar-refractivity contribution is 5.94. The van der Waals surface area contributed by atoms with Gasteiger partial charge in [-0.15, -0.1) is 0 Å². The summed E-state index contributed by atoms with van der Waals surface area (Å²) >= 11 is 0. The first kappa shape index (κ1) is 19.6. The van der Waals surface area contributed by atoms with E-state index in [0.29, 0.717) is 43.6 Å². The molecular formula is C21H23N7O2. The van der Waals surface area contributed by atoms with Crippen LogP contribution < -0.4 is 15.8 Å². The first-order chi connectivity index (χ1) is 14.5. The van der Waals surface area contributed by atoms with Crippen LogP contribution in [-0.4, -0.2) is 56.5 Å². The molecular weight excluding hydrogens is 382 g/mol. The second-order valence-electron chi connectivity index (χ2n) is 7.12. The van der Waals surface area contributed by atoms with Crippen LogP contribution in [0.4, 0.5) is 17.5 Å². The third-order valence-electron chi connectivity index (χ3n) is 4.99. The van der Waals surface area contributed by atoms with Gasteiger partial charge in [0.15, 0.2) is 0 Å². The third-order valence-corrected chi connectivity index (χ3v) is 4.99. The van der Waals surface area contributed by atoms with Gasteiger partial charge in [-0.05, 0) is 31.2 Å². The number of pyridine rings is 2. The molecule has 0 unspecified atom stereocenters. The van der Waals surface area contributed by atoms with Crippen molar-refractivity contribution in [3.8, 4) is 0 Å². The fraction of sp³-hybridized carbons (Fsp3) is 0.286. The van der Waals surface area contributed by atoms with Gasteiger partial charge in [0.05, 0.1) is 0 Å². The van der Waals surface area contributed by atoms with Crippen LogP contribution in [0.2, 0.25) is 0 Å². The Morgan fingerprint density at radius 3 is 2.57 bits per heavy atom. The number of aryl methyl sites for hydroxylation is 2. The van der Waals surface area contributed by atoms with Crippen molar-refractivity contribution in [3.05, 3.63) is 70.5 Å². The average molecular weight is 405 g/mol. The molecule has 9 nitrogen and oxygen atoms in total. The molecule has 0 radical (unpaired) electrons. The number of amides is 1. The normalized spacial score (nSPS) is 13.9. The van der Waals surface area contributed by atoms with Crippen molar-refractivity contribution in [2.24, 2.45) is 7.05 Å². The monoisotopic (exact) mass is 405 g/mol. The van der Waals surface area contributed by atoms with Crippen molar-refractivity contribution >= 4 is 23.4 Å². The Bertz CT molecular complexity index is 1110. The average Bonchev–Trinajstić information content (AvgIpc) is 2.76. The first-order valence-electron chi connectivity index (χ1n) is 9.75. The summed E-state index contributed by atoms with van der Waals surface area (Å²) in [6, 6.07) is 10.8. The number of rotatable bonds is 4. The minimum Gasteiger partial charge on any atom is -0.353 e. The number of carbonyl (C=O) groups excluding carboxylic acids is 1. The molecule has 0 saturated carbocycles. The lowest BCUT2D eigenvalue weighted by atomic mass is 10.2. The topological polar surface area (TPSA) is 96.3 Å². The van der Waals surface area contributed by atoms with Gasteiger partial charge >= 0.3 is 0 Å². The number of nitrogens with one attached hydrogen (secondary N) is 1. The summed E-state index contributed by atoms with van der Waals surface area (Å²) in [4.78, 5) is 42.1. The van der Waals surface area contributed by atoms with E-state index >= 15 is 0 Å². The predicted octanol–water partition coefficient (Wildman–Crippen LogP) is 1.58. The van der Waals surface area contributed by atoms with Crippen LogP contribution in [0.1, 0.15) is 16.2 Å². The standard InChI is InChI=1S/C21H23N7O2/c1-15-23-18(25-17-7-3-4-8-22-17)14-19(24-15)27-10-12-28(13-11-27)21(30)16-6-5-9-26(2)20(16)29/h3-9,14H,10-13H2,1-2H3,(H,22,23,24,25). The predicted molar refractivity (Wildman–Crippen MR) is 114 cm³/mol. The summed E-state index contributed by atoms with van der Waals surface area (Å²) < 4.78 is 1.42. The number of hydrogen-bond acceptors (Lipinski definition) is 7. The SMILES string of the molecule is Cc1nc(Nc2ccccn2)cc(N2CCN(C(=O)c3cccn(C)c3=O)CC2)n1. The third kappa shape index (κ3) is 4.14. The molecule has 0 bridgehead atoms. The lowest BCUT2D eigenvalue weighted by Gasteiger charge is -2.35. The molecule has 1 aliphatic rings. The molecule has 154 valence electrons. The van der Waals surface area contributed by atoms with Gasteiger partial charge in [-0.2, -0.15) is 0 Å². The van der Waals surface area contributed by atoms with E-state index in [4.69, 9.17) is 0 Å². The Labute approximate surface area is 174 Å². The fourth-order valence-corrected chi connectivity index (χ4v) is 3.41. The van der Waals surface area contributed by atoms with Crippen molar-refractivity contribution in [2.45, 2.75) is 6.92 Å². The van der Waals surface area contributed by atoms with Gasteiger partial charge in [0.25, 0.3) is 11.5 Å². The molecule has 0 aliphatic carbocycles. The van der Waals surface area contributed by atoms with Crippen LogP contribution in [0.15, 0.2) is 53.6 Å². The van der Waals surface area contributed by atoms with Gasteiger partial charge in [-0.3, -0.25) is 9.59 Å². The second kappa shape index (κ2) is 8.32. The zero-order valence-electron chi connectivity index (χ0n) is 16.9. The molecule has 0 atom stereocenters. The van der Waals surface area contributed by atoms with Gasteiger partial charge in [-0.25, -0.2) is 15.0 Å². The molecule has 3 aromatic rings. The zero-order valence-corrected chi connectivity index (χ0v) is 16.9. The summed E-state index contributed by atoms with van der Waals surface area (Å²) in [5, 5.41) is 3.19. The lowest BCUT2D eigenvalue weighted by Crippen LogP contribution is -2.50. The highest BCUT2D eigenvalue weighted by Gasteiger charge is 2.25. The van der Waals surface area contributed by atoms with Crippen molar-refractivity contribution in [2.75, 3.05) is 36.4 Å². The number of aromatic nitrogens is 4. The van der Waals surface area contributed by atoms with Crippen LogP contribution in [0, 0.1) is 6.92 Å². The summed E-state index contributed by atoms with van der Waals surface area (Å²) in [6.45, 7) is 4.13. The van der Waals surface area contributed by atoms with E-state index in [9.17, 15) is 9.59 Å². The quantitative estimate of drug-likeness (QED) is 0.704. The van der Waals surface area contributed by atoms with Gasteiger partial charge in [0.2, 0.25) is 0 Å². The van der Waals surface area contributed by atoms with Crippen molar-refractivity contribution in [3.63, 3.8) is 0 Å². The number of carbonyl (C=O) groups is 1. The van der Waals surface area contributed by atoms with E-state index in [1.54, 1.807) is 36.5 Å². The fourth-order valence-electron chi connectivity index (χ4n) is 3.41. The maximum absolute atomic E-state index is 12.8. The molecule has 4 heterocycles. The van der Waals surface area contributed by atoms with E-state index in [0.717, 1.165) is 5.82 Å². The van der Waals surface area contributed by atoms with E-state index in [-0.39, 0.29) is 17.0 Å². The Hall–Kier alpha value is -3.75. The van der Waals surface area contributed by atoms with Crippen LogP contribution in [0.5, 0.6) is 0 Å². The summed E-state index contributed by atoms with van der Waals surface area (Å²) in [7, 11) is 1.64. The largest absolute Gasteiger partial charge is 0.353 e. The minimum atomic E-state index is -0.276. The van der Waals surface area contributed by atoms with Gasteiger partial charge in [0.1, 0.15) is 28.8 Å². The maximum atomic E-state index is 12.8. The minimum absolute atomic E-state index is 0.202. The number of hydrogen-bond donors (Lipinski definition) is 1. The molecule has 4 rings (SSSR count). The smallest absolute Gasteiger partial charge is 0.263 e. The molecule has 1 aliphatic heterocycles. The molecule has 1 amide bonds. The van der Waals surface area contributed by atoms with Crippen molar-refractivity contribution in [1.29, 1.82) is 0 Å². The summed E-state index contributed by atoms with van der Waals surface area (Å²) in [6.07, 6.45) is 3.36. The lowest BCUT2D eigenvalue weighted by molar-refractivity contribution is 0.0744.